The number of urea groups is 1. The van der Waals surface area contributed by atoms with E-state index in [9.17, 15) is 14.7 Å². The van der Waals surface area contributed by atoms with Gasteiger partial charge in [-0.3, -0.25) is 4.79 Å². The molecule has 0 aromatic heterocycles. The number of benzene rings is 1. The third-order valence-electron chi connectivity index (χ3n) is 5.01. The van der Waals surface area contributed by atoms with E-state index in [1.165, 1.54) is 5.56 Å². The summed E-state index contributed by atoms with van der Waals surface area (Å²) in [5, 5.41) is 12.5. The average molecular weight is 331 g/mol. The molecule has 2 saturated heterocycles. The molecule has 2 aliphatic rings. The first kappa shape index (κ1) is 16.8. The molecule has 24 heavy (non-hydrogen) atoms. The number of piperidine rings is 1. The molecule has 2 fully saturated rings. The van der Waals surface area contributed by atoms with Crippen LogP contribution in [0.15, 0.2) is 18.2 Å². The number of hydrogen-bond acceptors (Lipinski definition) is 3. The van der Waals surface area contributed by atoms with Gasteiger partial charge in [-0.1, -0.05) is 6.07 Å². The first-order chi connectivity index (χ1) is 11.4. The number of aryl methyl sites for hydroxylation is 2. The second kappa shape index (κ2) is 6.81. The van der Waals surface area contributed by atoms with Gasteiger partial charge >= 0.3 is 6.03 Å². The van der Waals surface area contributed by atoms with Gasteiger partial charge in [0.25, 0.3) is 0 Å². The minimum absolute atomic E-state index is 0.0395. The molecule has 3 rings (SSSR count). The van der Waals surface area contributed by atoms with Crippen LogP contribution < -0.4 is 10.2 Å². The van der Waals surface area contributed by atoms with Crippen molar-refractivity contribution in [3.8, 4) is 0 Å². The molecule has 2 N–H and O–H groups in total. The van der Waals surface area contributed by atoms with Crippen molar-refractivity contribution in [2.24, 2.45) is 0 Å². The van der Waals surface area contributed by atoms with Crippen LogP contribution in [-0.4, -0.2) is 53.7 Å². The van der Waals surface area contributed by atoms with Gasteiger partial charge in [0.05, 0.1) is 12.1 Å². The number of nitrogens with zero attached hydrogens (tertiary/aromatic N) is 2. The Morgan fingerprint density at radius 2 is 1.92 bits per heavy atom. The lowest BCUT2D eigenvalue weighted by molar-refractivity contribution is -0.117. The van der Waals surface area contributed by atoms with E-state index in [-0.39, 0.29) is 24.1 Å². The standard InChI is InChI=1S/C18H25N3O3/c1-12-3-4-15(9-13(12)2)21-11-14(10-17(21)23)19-18(24)20-7-5-16(22)6-8-20/h3-4,9,14,16,22H,5-8,10-11H2,1-2H3,(H,19,24). The molecule has 2 heterocycles. The van der Waals surface area contributed by atoms with E-state index in [1.807, 2.05) is 32.0 Å². The van der Waals surface area contributed by atoms with E-state index in [1.54, 1.807) is 9.80 Å². The fourth-order valence-corrected chi connectivity index (χ4v) is 3.28. The summed E-state index contributed by atoms with van der Waals surface area (Å²) in [7, 11) is 0. The molecule has 1 aromatic rings. The maximum absolute atomic E-state index is 12.3. The molecular weight excluding hydrogens is 306 g/mol. The lowest BCUT2D eigenvalue weighted by atomic mass is 10.1. The van der Waals surface area contributed by atoms with Crippen LogP contribution in [-0.2, 0) is 4.79 Å². The van der Waals surface area contributed by atoms with Crippen molar-refractivity contribution < 1.29 is 14.7 Å². The van der Waals surface area contributed by atoms with Crippen molar-refractivity contribution >= 4 is 17.6 Å². The molecule has 0 spiro atoms. The van der Waals surface area contributed by atoms with Crippen LogP contribution in [0.3, 0.4) is 0 Å². The number of carbonyl (C=O) groups excluding carboxylic acids is 2. The zero-order valence-electron chi connectivity index (χ0n) is 14.3. The highest BCUT2D eigenvalue weighted by molar-refractivity contribution is 5.96. The summed E-state index contributed by atoms with van der Waals surface area (Å²) in [4.78, 5) is 28.1. The Morgan fingerprint density at radius 1 is 1.21 bits per heavy atom. The summed E-state index contributed by atoms with van der Waals surface area (Å²) in [6.45, 7) is 5.71. The van der Waals surface area contributed by atoms with Gasteiger partial charge in [-0.25, -0.2) is 4.79 Å². The number of aliphatic hydroxyl groups is 1. The van der Waals surface area contributed by atoms with Crippen LogP contribution in [0, 0.1) is 13.8 Å². The number of aliphatic hydroxyl groups excluding tert-OH is 1. The SMILES string of the molecule is Cc1ccc(N2CC(NC(=O)N3CCC(O)CC3)CC2=O)cc1C. The van der Waals surface area contributed by atoms with Crippen LogP contribution in [0.5, 0.6) is 0 Å². The number of carbonyl (C=O) groups is 2. The number of nitrogens with one attached hydrogen (secondary N) is 1. The van der Waals surface area contributed by atoms with E-state index in [0.29, 0.717) is 38.9 Å². The Balaban J connectivity index is 1.60. The third kappa shape index (κ3) is 3.53. The van der Waals surface area contributed by atoms with Crippen molar-refractivity contribution in [1.29, 1.82) is 0 Å². The highest BCUT2D eigenvalue weighted by Gasteiger charge is 2.33. The van der Waals surface area contributed by atoms with Crippen LogP contribution in [0.25, 0.3) is 0 Å². The van der Waals surface area contributed by atoms with Crippen molar-refractivity contribution in [2.75, 3.05) is 24.5 Å². The first-order valence-corrected chi connectivity index (χ1v) is 8.55. The van der Waals surface area contributed by atoms with Crippen molar-refractivity contribution in [3.63, 3.8) is 0 Å². The van der Waals surface area contributed by atoms with E-state index < -0.39 is 0 Å². The largest absolute Gasteiger partial charge is 0.393 e. The molecular formula is C18H25N3O3. The molecule has 1 atom stereocenters. The molecule has 6 heteroatoms. The third-order valence-corrected chi connectivity index (χ3v) is 5.01. The van der Waals surface area contributed by atoms with Gasteiger partial charge in [-0.2, -0.15) is 0 Å². The van der Waals surface area contributed by atoms with Crippen molar-refractivity contribution in [2.45, 2.75) is 45.3 Å². The highest BCUT2D eigenvalue weighted by Crippen LogP contribution is 2.24. The maximum Gasteiger partial charge on any atom is 0.317 e. The highest BCUT2D eigenvalue weighted by atomic mass is 16.3. The number of hydrogen-bond donors (Lipinski definition) is 2. The Morgan fingerprint density at radius 3 is 2.58 bits per heavy atom. The Bertz CT molecular complexity index is 638. The lowest BCUT2D eigenvalue weighted by Crippen LogP contribution is -2.49. The van der Waals surface area contributed by atoms with Crippen LogP contribution in [0.4, 0.5) is 10.5 Å². The Kier molecular flexibility index (Phi) is 4.76. The summed E-state index contributed by atoms with van der Waals surface area (Å²) in [5.41, 5.74) is 3.24. The molecule has 0 bridgehead atoms. The van der Waals surface area contributed by atoms with Gasteiger partial charge in [-0.05, 0) is 49.9 Å². The zero-order valence-corrected chi connectivity index (χ0v) is 14.3. The summed E-state index contributed by atoms with van der Waals surface area (Å²) in [6, 6.07) is 5.68. The average Bonchev–Trinajstić information content (AvgIpc) is 2.91. The molecule has 3 amide bonds. The van der Waals surface area contributed by atoms with Gasteiger partial charge in [0, 0.05) is 31.7 Å². The van der Waals surface area contributed by atoms with Crippen LogP contribution >= 0.6 is 0 Å². The molecule has 6 nitrogen and oxygen atoms in total. The van der Waals surface area contributed by atoms with Gasteiger partial charge < -0.3 is 20.2 Å². The molecule has 2 aliphatic heterocycles. The molecule has 0 saturated carbocycles. The molecule has 0 aliphatic carbocycles. The predicted molar refractivity (Wildman–Crippen MR) is 92.0 cm³/mol. The van der Waals surface area contributed by atoms with Gasteiger partial charge in [-0.15, -0.1) is 0 Å². The first-order valence-electron chi connectivity index (χ1n) is 8.55. The van der Waals surface area contributed by atoms with Gasteiger partial charge in [0.15, 0.2) is 0 Å². The zero-order chi connectivity index (χ0) is 17.3. The fourth-order valence-electron chi connectivity index (χ4n) is 3.28. The monoisotopic (exact) mass is 331 g/mol. The quantitative estimate of drug-likeness (QED) is 0.864. The number of amides is 3. The minimum atomic E-state index is -0.303. The van der Waals surface area contributed by atoms with Crippen LogP contribution in [0.2, 0.25) is 0 Å². The number of rotatable bonds is 2. The number of anilines is 1. The second-order valence-electron chi connectivity index (χ2n) is 6.84. The van der Waals surface area contributed by atoms with Crippen LogP contribution in [0.1, 0.15) is 30.4 Å². The molecule has 1 unspecified atom stereocenters. The van der Waals surface area contributed by atoms with Gasteiger partial charge in [0.2, 0.25) is 5.91 Å². The van der Waals surface area contributed by atoms with E-state index in [0.717, 1.165) is 11.3 Å². The summed E-state index contributed by atoms with van der Waals surface area (Å²) >= 11 is 0. The summed E-state index contributed by atoms with van der Waals surface area (Å²) in [6.07, 6.45) is 1.26. The second-order valence-corrected chi connectivity index (χ2v) is 6.84. The van der Waals surface area contributed by atoms with Gasteiger partial charge in [0.1, 0.15) is 0 Å². The Labute approximate surface area is 142 Å². The smallest absolute Gasteiger partial charge is 0.317 e. The molecule has 1 aromatic carbocycles. The minimum Gasteiger partial charge on any atom is -0.393 e. The van der Waals surface area contributed by atoms with E-state index >= 15 is 0 Å². The molecule has 130 valence electrons. The summed E-state index contributed by atoms with van der Waals surface area (Å²) in [5.74, 6) is 0.0395. The maximum atomic E-state index is 12.3. The fraction of sp³-hybridized carbons (Fsp3) is 0.556. The summed E-state index contributed by atoms with van der Waals surface area (Å²) < 4.78 is 0. The molecule has 0 radical (unpaired) electrons. The predicted octanol–water partition coefficient (Wildman–Crippen LogP) is 1.58. The van der Waals surface area contributed by atoms with Crippen molar-refractivity contribution in [1.82, 2.24) is 10.2 Å². The van der Waals surface area contributed by atoms with E-state index in [4.69, 9.17) is 0 Å². The number of likely N-dealkylation sites (tertiary alicyclic amines) is 1. The normalized spacial score (nSPS) is 22.1. The topological polar surface area (TPSA) is 72.9 Å². The van der Waals surface area contributed by atoms with E-state index in [2.05, 4.69) is 5.32 Å². The Hall–Kier alpha value is -2.08. The lowest BCUT2D eigenvalue weighted by Gasteiger charge is -2.30. The van der Waals surface area contributed by atoms with Crippen molar-refractivity contribution in [3.05, 3.63) is 29.3 Å².